The molecular weight excluding hydrogens is 203 g/mol. The Morgan fingerprint density at radius 2 is 1.93 bits per heavy atom. The number of carboxylic acids is 1. The summed E-state index contributed by atoms with van der Waals surface area (Å²) in [5, 5.41) is 17.3. The average Bonchev–Trinajstić information content (AvgIpc) is 2.01. The van der Waals surface area contributed by atoms with E-state index in [-0.39, 0.29) is 0 Å². The van der Waals surface area contributed by atoms with Crippen LogP contribution in [-0.2, 0) is 6.18 Å². The molecule has 76 valence electrons. The molecule has 7 heteroatoms. The number of alkyl halides is 3. The minimum Gasteiger partial charge on any atom is -0.505 e. The Balaban J connectivity index is 3.44. The number of carboxylic acid groups (broad SMARTS) is 1. The van der Waals surface area contributed by atoms with Crippen molar-refractivity contribution in [2.75, 3.05) is 0 Å². The molecule has 0 atom stereocenters. The van der Waals surface area contributed by atoms with Crippen LogP contribution in [0.5, 0.6) is 5.75 Å². The Morgan fingerprint density at radius 1 is 1.36 bits per heavy atom. The van der Waals surface area contributed by atoms with Crippen LogP contribution < -0.4 is 0 Å². The summed E-state index contributed by atoms with van der Waals surface area (Å²) >= 11 is 0. The van der Waals surface area contributed by atoms with Gasteiger partial charge in [-0.25, -0.2) is 4.79 Å². The molecule has 1 aromatic heterocycles. The number of halogens is 3. The van der Waals surface area contributed by atoms with Crippen LogP contribution in [0.25, 0.3) is 0 Å². The van der Waals surface area contributed by atoms with E-state index in [1.165, 1.54) is 0 Å². The fourth-order valence-corrected chi connectivity index (χ4v) is 0.889. The van der Waals surface area contributed by atoms with E-state index < -0.39 is 29.0 Å². The predicted molar refractivity (Wildman–Crippen MR) is 37.9 cm³/mol. The summed E-state index contributed by atoms with van der Waals surface area (Å²) in [6.07, 6.45) is -3.86. The zero-order valence-corrected chi connectivity index (χ0v) is 6.54. The number of hydrogen-bond donors (Lipinski definition) is 2. The lowest BCUT2D eigenvalue weighted by molar-refractivity contribution is -0.138. The van der Waals surface area contributed by atoms with Crippen LogP contribution in [0.4, 0.5) is 13.2 Å². The van der Waals surface area contributed by atoms with E-state index in [1.54, 1.807) is 0 Å². The standard InChI is InChI=1S/C7H4F3NO3/c8-7(9,10)3-1-11-2-4(12)5(3)6(13)14/h1-2,12H,(H,13,14). The van der Waals surface area contributed by atoms with Crippen molar-refractivity contribution >= 4 is 5.97 Å². The molecule has 0 fully saturated rings. The zero-order valence-electron chi connectivity index (χ0n) is 6.54. The Morgan fingerprint density at radius 3 is 2.29 bits per heavy atom. The van der Waals surface area contributed by atoms with Gasteiger partial charge in [-0.1, -0.05) is 0 Å². The highest BCUT2D eigenvalue weighted by atomic mass is 19.4. The first-order valence-corrected chi connectivity index (χ1v) is 3.31. The number of rotatable bonds is 1. The third-order valence-electron chi connectivity index (χ3n) is 1.45. The Bertz CT molecular complexity index is 375. The molecule has 14 heavy (non-hydrogen) atoms. The first kappa shape index (κ1) is 10.3. The van der Waals surface area contributed by atoms with Gasteiger partial charge in [0.1, 0.15) is 11.3 Å². The highest BCUT2D eigenvalue weighted by molar-refractivity contribution is 5.92. The second-order valence-electron chi connectivity index (χ2n) is 2.38. The molecular formula is C7H4F3NO3. The van der Waals surface area contributed by atoms with E-state index in [4.69, 9.17) is 10.2 Å². The van der Waals surface area contributed by atoms with E-state index in [1.807, 2.05) is 0 Å². The summed E-state index contributed by atoms with van der Waals surface area (Å²) in [5.41, 5.74) is -2.66. The maximum atomic E-state index is 12.2. The molecule has 0 bridgehead atoms. The maximum absolute atomic E-state index is 12.2. The van der Waals surface area contributed by atoms with Crippen molar-refractivity contribution in [3.05, 3.63) is 23.5 Å². The lowest BCUT2D eigenvalue weighted by atomic mass is 10.1. The molecule has 0 aliphatic rings. The molecule has 0 spiro atoms. The van der Waals surface area contributed by atoms with Gasteiger partial charge < -0.3 is 10.2 Å². The molecule has 1 aromatic rings. The van der Waals surface area contributed by atoms with Crippen molar-refractivity contribution in [3.8, 4) is 5.75 Å². The highest BCUT2D eigenvalue weighted by Crippen LogP contribution is 2.34. The summed E-state index contributed by atoms with van der Waals surface area (Å²) in [7, 11) is 0. The second-order valence-corrected chi connectivity index (χ2v) is 2.38. The van der Waals surface area contributed by atoms with Gasteiger partial charge in [0, 0.05) is 6.20 Å². The van der Waals surface area contributed by atoms with E-state index in [0.717, 1.165) is 0 Å². The minimum atomic E-state index is -4.85. The molecule has 0 aromatic carbocycles. The molecule has 0 radical (unpaired) electrons. The van der Waals surface area contributed by atoms with Gasteiger partial charge in [0.05, 0.1) is 11.8 Å². The van der Waals surface area contributed by atoms with Gasteiger partial charge in [0.25, 0.3) is 0 Å². The first-order valence-electron chi connectivity index (χ1n) is 3.31. The summed E-state index contributed by atoms with van der Waals surface area (Å²) in [6.45, 7) is 0. The van der Waals surface area contributed by atoms with Crippen LogP contribution in [0.15, 0.2) is 12.4 Å². The van der Waals surface area contributed by atoms with Gasteiger partial charge in [0.2, 0.25) is 0 Å². The van der Waals surface area contributed by atoms with Crippen LogP contribution in [0.1, 0.15) is 15.9 Å². The van der Waals surface area contributed by atoms with Crippen molar-refractivity contribution in [3.63, 3.8) is 0 Å². The third-order valence-corrected chi connectivity index (χ3v) is 1.45. The van der Waals surface area contributed by atoms with Gasteiger partial charge in [-0.3, -0.25) is 4.98 Å². The molecule has 0 amide bonds. The number of carbonyl (C=O) groups is 1. The fraction of sp³-hybridized carbons (Fsp3) is 0.143. The molecule has 0 saturated heterocycles. The monoisotopic (exact) mass is 207 g/mol. The fourth-order valence-electron chi connectivity index (χ4n) is 0.889. The number of aromatic nitrogens is 1. The molecule has 1 heterocycles. The lowest BCUT2D eigenvalue weighted by Gasteiger charge is -2.09. The number of hydrogen-bond acceptors (Lipinski definition) is 3. The second kappa shape index (κ2) is 3.17. The SMILES string of the molecule is O=C(O)c1c(O)cncc1C(F)(F)F. The van der Waals surface area contributed by atoms with Crippen LogP contribution in [0, 0.1) is 0 Å². The first-order chi connectivity index (χ1) is 6.34. The molecule has 4 nitrogen and oxygen atoms in total. The lowest BCUT2D eigenvalue weighted by Crippen LogP contribution is -2.13. The van der Waals surface area contributed by atoms with E-state index >= 15 is 0 Å². The van der Waals surface area contributed by atoms with Crippen molar-refractivity contribution < 1.29 is 28.2 Å². The summed E-state index contributed by atoms with van der Waals surface area (Å²) in [6, 6.07) is 0. The van der Waals surface area contributed by atoms with Gasteiger partial charge in [0.15, 0.2) is 0 Å². The van der Waals surface area contributed by atoms with Crippen LogP contribution in [-0.4, -0.2) is 21.2 Å². The maximum Gasteiger partial charge on any atom is 0.418 e. The van der Waals surface area contributed by atoms with Crippen LogP contribution in [0.2, 0.25) is 0 Å². The molecule has 0 saturated carbocycles. The smallest absolute Gasteiger partial charge is 0.418 e. The number of aromatic carboxylic acids is 1. The van der Waals surface area contributed by atoms with Crippen LogP contribution in [0.3, 0.4) is 0 Å². The summed E-state index contributed by atoms with van der Waals surface area (Å²) < 4.78 is 36.5. The van der Waals surface area contributed by atoms with Gasteiger partial charge in [-0.2, -0.15) is 13.2 Å². The molecule has 2 N–H and O–H groups in total. The van der Waals surface area contributed by atoms with Crippen molar-refractivity contribution in [2.24, 2.45) is 0 Å². The third kappa shape index (κ3) is 1.76. The normalized spacial score (nSPS) is 11.4. The van der Waals surface area contributed by atoms with Gasteiger partial charge >= 0.3 is 12.1 Å². The summed E-state index contributed by atoms with van der Waals surface area (Å²) in [4.78, 5) is 13.5. The van der Waals surface area contributed by atoms with Crippen molar-refractivity contribution in [1.82, 2.24) is 4.98 Å². The molecule has 1 rings (SSSR count). The predicted octanol–water partition coefficient (Wildman–Crippen LogP) is 1.50. The summed E-state index contributed by atoms with van der Waals surface area (Å²) in [5.74, 6) is -2.86. The average molecular weight is 207 g/mol. The van der Waals surface area contributed by atoms with Crippen molar-refractivity contribution in [1.29, 1.82) is 0 Å². The van der Waals surface area contributed by atoms with Gasteiger partial charge in [-0.05, 0) is 0 Å². The Labute approximate surface area is 75.6 Å². The Hall–Kier alpha value is -1.79. The molecule has 0 unspecified atom stereocenters. The zero-order chi connectivity index (χ0) is 10.9. The number of aromatic hydroxyl groups is 1. The number of pyridine rings is 1. The largest absolute Gasteiger partial charge is 0.505 e. The Kier molecular flexibility index (Phi) is 2.33. The van der Waals surface area contributed by atoms with E-state index in [0.29, 0.717) is 12.4 Å². The topological polar surface area (TPSA) is 70.4 Å². The van der Waals surface area contributed by atoms with Gasteiger partial charge in [-0.15, -0.1) is 0 Å². The van der Waals surface area contributed by atoms with E-state index in [2.05, 4.69) is 4.98 Å². The molecule has 0 aliphatic carbocycles. The van der Waals surface area contributed by atoms with E-state index in [9.17, 15) is 18.0 Å². The highest BCUT2D eigenvalue weighted by Gasteiger charge is 2.37. The molecule has 0 aliphatic heterocycles. The number of nitrogens with zero attached hydrogens (tertiary/aromatic N) is 1. The van der Waals surface area contributed by atoms with Crippen molar-refractivity contribution in [2.45, 2.75) is 6.18 Å². The minimum absolute atomic E-state index is 0.350. The van der Waals surface area contributed by atoms with Crippen LogP contribution >= 0.6 is 0 Å². The quantitative estimate of drug-likeness (QED) is 0.732.